The lowest BCUT2D eigenvalue weighted by Gasteiger charge is -2.24. The predicted octanol–water partition coefficient (Wildman–Crippen LogP) is 7.74. The Morgan fingerprint density at radius 1 is 0.821 bits per heavy atom. The molecule has 0 aliphatic carbocycles. The molecule has 1 atom stereocenters. The smallest absolute Gasteiger partial charge is 0.307 e. The average Bonchev–Trinajstić information content (AvgIpc) is 2.85. The van der Waals surface area contributed by atoms with Crippen molar-refractivity contribution >= 4 is 32.5 Å². The van der Waals surface area contributed by atoms with Gasteiger partial charge in [-0.15, -0.1) is 0 Å². The van der Waals surface area contributed by atoms with Gasteiger partial charge in [0.15, 0.2) is 0 Å². The van der Waals surface area contributed by atoms with Gasteiger partial charge in [0, 0.05) is 11.3 Å². The molecular weight excluding hydrogens is 506 g/mol. The Morgan fingerprint density at radius 3 is 2.03 bits per heavy atom. The van der Waals surface area contributed by atoms with E-state index in [0.717, 1.165) is 44.2 Å². The molecule has 0 saturated carbocycles. The first kappa shape index (κ1) is 28.4. The summed E-state index contributed by atoms with van der Waals surface area (Å²) in [5.74, 6) is -0.633. The van der Waals surface area contributed by atoms with E-state index in [0.29, 0.717) is 10.6 Å². The molecule has 1 unspecified atom stereocenters. The van der Waals surface area contributed by atoms with E-state index in [1.54, 1.807) is 0 Å². The summed E-state index contributed by atoms with van der Waals surface area (Å²) in [5, 5.41) is 1.67. The zero-order valence-electron chi connectivity index (χ0n) is 23.8. The molecule has 0 radical (unpaired) electrons. The second-order valence-corrected chi connectivity index (χ2v) is 12.9. The molecule has 0 aromatic heterocycles. The maximum atomic E-state index is 13.9. The van der Waals surface area contributed by atoms with Crippen LogP contribution in [0.1, 0.15) is 66.5 Å². The van der Waals surface area contributed by atoms with Crippen LogP contribution in [0.2, 0.25) is 0 Å². The quantitative estimate of drug-likeness (QED) is 0.242. The van der Waals surface area contributed by atoms with Crippen molar-refractivity contribution in [1.29, 1.82) is 0 Å². The van der Waals surface area contributed by atoms with Gasteiger partial charge in [-0.25, -0.2) is 8.42 Å². The number of ether oxygens (including phenoxy) is 1. The van der Waals surface area contributed by atoms with Crippen LogP contribution in [-0.4, -0.2) is 20.0 Å². The fourth-order valence-corrected chi connectivity index (χ4v) is 6.75. The normalized spacial score (nSPS) is 12.8. The van der Waals surface area contributed by atoms with E-state index >= 15 is 0 Å². The molecule has 0 bridgehead atoms. The van der Waals surface area contributed by atoms with Crippen molar-refractivity contribution in [2.75, 3.05) is 4.72 Å². The van der Waals surface area contributed by atoms with Gasteiger partial charge in [0.25, 0.3) is 10.0 Å². The fraction of sp³-hybridized carbons (Fsp3) is 0.303. The van der Waals surface area contributed by atoms with Gasteiger partial charge in [-0.3, -0.25) is 9.52 Å². The summed E-state index contributed by atoms with van der Waals surface area (Å²) in [4.78, 5) is 13.3. The lowest BCUT2D eigenvalue weighted by Crippen LogP contribution is -2.25. The van der Waals surface area contributed by atoms with Crippen LogP contribution in [0.15, 0.2) is 77.7 Å². The van der Waals surface area contributed by atoms with Crippen LogP contribution in [0.4, 0.5) is 5.69 Å². The largest absolute Gasteiger partial charge is 0.460 e. The minimum absolute atomic E-state index is 0.126. The van der Waals surface area contributed by atoms with Gasteiger partial charge in [-0.1, -0.05) is 66.7 Å². The number of fused-ring (bicyclic) bond motifs is 1. The molecule has 39 heavy (non-hydrogen) atoms. The Morgan fingerprint density at radius 2 is 1.41 bits per heavy atom. The van der Waals surface area contributed by atoms with Crippen molar-refractivity contribution in [3.63, 3.8) is 0 Å². The summed E-state index contributed by atoms with van der Waals surface area (Å²) in [6.07, 6.45) is 0.126. The van der Waals surface area contributed by atoms with Gasteiger partial charge in [0.2, 0.25) is 0 Å². The summed E-state index contributed by atoms with van der Waals surface area (Å²) in [5.41, 5.74) is 4.98. The maximum absolute atomic E-state index is 13.9. The molecule has 0 aliphatic rings. The Labute approximate surface area is 232 Å². The standard InChI is InChI=1S/C33H37NO4S/c1-21-17-22(2)24(4)32(23(21)3)39(36,37)34-30-19-27(18-26-15-11-12-16-28(26)30)29(25-13-9-8-10-14-25)20-31(35)38-33(5,6)7/h8-19,29,34H,20H2,1-7H3. The predicted molar refractivity (Wildman–Crippen MR) is 159 cm³/mol. The van der Waals surface area contributed by atoms with Crippen LogP contribution in [0.25, 0.3) is 10.8 Å². The number of benzene rings is 4. The number of nitrogens with one attached hydrogen (secondary N) is 1. The fourth-order valence-electron chi connectivity index (χ4n) is 5.06. The van der Waals surface area contributed by atoms with E-state index in [1.165, 1.54) is 0 Å². The monoisotopic (exact) mass is 543 g/mol. The first-order valence-corrected chi connectivity index (χ1v) is 14.6. The summed E-state index contributed by atoms with van der Waals surface area (Å²) < 4.78 is 36.4. The Balaban J connectivity index is 1.86. The van der Waals surface area contributed by atoms with Crippen LogP contribution >= 0.6 is 0 Å². The summed E-state index contributed by atoms with van der Waals surface area (Å²) in [6, 6.07) is 23.4. The van der Waals surface area contributed by atoms with E-state index in [1.807, 2.05) is 121 Å². The number of carbonyl (C=O) groups is 1. The van der Waals surface area contributed by atoms with Gasteiger partial charge in [-0.05, 0) is 93.3 Å². The molecule has 0 amide bonds. The van der Waals surface area contributed by atoms with Crippen molar-refractivity contribution in [1.82, 2.24) is 0 Å². The third-order valence-electron chi connectivity index (χ3n) is 7.09. The highest BCUT2D eigenvalue weighted by atomic mass is 32.2. The molecule has 1 N–H and O–H groups in total. The van der Waals surface area contributed by atoms with E-state index in [4.69, 9.17) is 4.74 Å². The Hall–Kier alpha value is -3.64. The van der Waals surface area contributed by atoms with Crippen molar-refractivity contribution in [2.45, 2.75) is 71.3 Å². The van der Waals surface area contributed by atoms with E-state index in [2.05, 4.69) is 4.72 Å². The lowest BCUT2D eigenvalue weighted by atomic mass is 9.87. The van der Waals surface area contributed by atoms with Crippen LogP contribution in [0.3, 0.4) is 0 Å². The lowest BCUT2D eigenvalue weighted by molar-refractivity contribution is -0.155. The molecule has 5 nitrogen and oxygen atoms in total. The van der Waals surface area contributed by atoms with Gasteiger partial charge in [-0.2, -0.15) is 0 Å². The van der Waals surface area contributed by atoms with Crippen LogP contribution < -0.4 is 4.72 Å². The zero-order valence-corrected chi connectivity index (χ0v) is 24.6. The third kappa shape index (κ3) is 6.34. The minimum Gasteiger partial charge on any atom is -0.460 e. The number of rotatable bonds is 7. The number of hydrogen-bond acceptors (Lipinski definition) is 4. The number of aryl methyl sites for hydroxylation is 2. The second kappa shape index (κ2) is 10.9. The summed E-state index contributed by atoms with van der Waals surface area (Å²) in [6.45, 7) is 13.1. The molecule has 4 aromatic rings. The highest BCUT2D eigenvalue weighted by molar-refractivity contribution is 7.92. The number of esters is 1. The molecule has 204 valence electrons. The number of hydrogen-bond donors (Lipinski definition) is 1. The molecule has 0 heterocycles. The number of carbonyl (C=O) groups excluding carboxylic acids is 1. The summed E-state index contributed by atoms with van der Waals surface area (Å²) >= 11 is 0. The molecular formula is C33H37NO4S. The summed E-state index contributed by atoms with van der Waals surface area (Å²) in [7, 11) is -3.91. The van der Waals surface area contributed by atoms with Crippen LogP contribution in [0, 0.1) is 27.7 Å². The molecule has 4 aromatic carbocycles. The number of anilines is 1. The van der Waals surface area contributed by atoms with Crippen molar-refractivity contribution in [2.24, 2.45) is 0 Å². The molecule has 0 spiro atoms. The van der Waals surface area contributed by atoms with E-state index in [9.17, 15) is 13.2 Å². The molecule has 0 fully saturated rings. The molecule has 6 heteroatoms. The van der Waals surface area contributed by atoms with Crippen molar-refractivity contribution in [3.05, 3.63) is 106 Å². The number of sulfonamides is 1. The van der Waals surface area contributed by atoms with Crippen molar-refractivity contribution < 1.29 is 17.9 Å². The van der Waals surface area contributed by atoms with Crippen LogP contribution in [0.5, 0.6) is 0 Å². The molecule has 4 rings (SSSR count). The van der Waals surface area contributed by atoms with E-state index < -0.39 is 15.6 Å². The van der Waals surface area contributed by atoms with Gasteiger partial charge in [0.05, 0.1) is 17.0 Å². The van der Waals surface area contributed by atoms with Gasteiger partial charge < -0.3 is 4.74 Å². The third-order valence-corrected chi connectivity index (χ3v) is 8.73. The Kier molecular flexibility index (Phi) is 7.89. The second-order valence-electron chi connectivity index (χ2n) is 11.2. The topological polar surface area (TPSA) is 72.5 Å². The Bertz CT molecular complexity index is 1610. The maximum Gasteiger partial charge on any atom is 0.307 e. The highest BCUT2D eigenvalue weighted by Crippen LogP contribution is 2.36. The first-order chi connectivity index (χ1) is 18.3. The zero-order chi connectivity index (χ0) is 28.5. The van der Waals surface area contributed by atoms with Crippen LogP contribution in [-0.2, 0) is 19.6 Å². The molecule has 0 saturated heterocycles. The van der Waals surface area contributed by atoms with Gasteiger partial charge >= 0.3 is 5.97 Å². The highest BCUT2D eigenvalue weighted by Gasteiger charge is 2.26. The SMILES string of the molecule is Cc1cc(C)c(C)c(S(=O)(=O)Nc2cc(C(CC(=O)OC(C)(C)C)c3ccccc3)cc3ccccc23)c1C. The van der Waals surface area contributed by atoms with Gasteiger partial charge in [0.1, 0.15) is 5.60 Å². The van der Waals surface area contributed by atoms with E-state index in [-0.39, 0.29) is 18.3 Å². The first-order valence-electron chi connectivity index (χ1n) is 13.2. The minimum atomic E-state index is -3.91. The van der Waals surface area contributed by atoms with Crippen molar-refractivity contribution in [3.8, 4) is 0 Å². The molecule has 0 aliphatic heterocycles. The average molecular weight is 544 g/mol.